The summed E-state index contributed by atoms with van der Waals surface area (Å²) in [5, 5.41) is 3.12. The average Bonchev–Trinajstić information content (AvgIpc) is 2.88. The molecule has 0 spiro atoms. The first-order valence-electron chi connectivity index (χ1n) is 6.42. The minimum atomic E-state index is -0.471. The molecular weight excluding hydrogens is 248 g/mol. The van der Waals surface area contributed by atoms with Crippen LogP contribution in [-0.2, 0) is 6.42 Å². The summed E-state index contributed by atoms with van der Waals surface area (Å²) >= 11 is 0. The fourth-order valence-corrected chi connectivity index (χ4v) is 2.04. The number of hydrogen-bond donors (Lipinski definition) is 1. The van der Waals surface area contributed by atoms with Crippen molar-refractivity contribution in [1.82, 2.24) is 5.32 Å². The first kappa shape index (κ1) is 13.7. The Hall–Kier alpha value is -1.68. The lowest BCUT2D eigenvalue weighted by Gasteiger charge is -2.17. The van der Waals surface area contributed by atoms with E-state index in [1.54, 1.807) is 6.07 Å². The quantitative estimate of drug-likeness (QED) is 0.889. The zero-order valence-corrected chi connectivity index (χ0v) is 11.0. The van der Waals surface area contributed by atoms with Gasteiger partial charge in [-0.3, -0.25) is 0 Å². The fraction of sp³-hybridized carbons (Fsp3) is 0.333. The van der Waals surface area contributed by atoms with Crippen LogP contribution in [0.3, 0.4) is 0 Å². The molecule has 4 heteroatoms. The van der Waals surface area contributed by atoms with E-state index < -0.39 is 17.7 Å². The van der Waals surface area contributed by atoms with E-state index in [-0.39, 0.29) is 5.56 Å². The predicted octanol–water partition coefficient (Wildman–Crippen LogP) is 3.82. The van der Waals surface area contributed by atoms with Gasteiger partial charge in [-0.25, -0.2) is 8.78 Å². The SMILES string of the molecule is CCNC(c1ccc(CC)o1)c1cc(F)ccc1F. The zero-order chi connectivity index (χ0) is 13.8. The maximum atomic E-state index is 13.9. The second kappa shape index (κ2) is 5.97. The third-order valence-electron chi connectivity index (χ3n) is 2.99. The Morgan fingerprint density at radius 1 is 1.16 bits per heavy atom. The van der Waals surface area contributed by atoms with Crippen LogP contribution in [0.4, 0.5) is 8.78 Å². The van der Waals surface area contributed by atoms with Crippen LogP contribution in [-0.4, -0.2) is 6.54 Å². The van der Waals surface area contributed by atoms with Gasteiger partial charge >= 0.3 is 0 Å². The summed E-state index contributed by atoms with van der Waals surface area (Å²) in [7, 11) is 0. The maximum absolute atomic E-state index is 13.9. The molecule has 0 radical (unpaired) electrons. The molecule has 0 bridgehead atoms. The molecule has 2 nitrogen and oxygen atoms in total. The van der Waals surface area contributed by atoms with Crippen molar-refractivity contribution in [3.63, 3.8) is 0 Å². The topological polar surface area (TPSA) is 25.2 Å². The number of nitrogens with one attached hydrogen (secondary N) is 1. The van der Waals surface area contributed by atoms with Gasteiger partial charge in [0.1, 0.15) is 23.2 Å². The summed E-state index contributed by atoms with van der Waals surface area (Å²) in [6.07, 6.45) is 0.768. The molecule has 0 amide bonds. The van der Waals surface area contributed by atoms with Gasteiger partial charge in [-0.15, -0.1) is 0 Å². The molecule has 0 saturated carbocycles. The summed E-state index contributed by atoms with van der Waals surface area (Å²) in [6, 6.07) is 6.64. The maximum Gasteiger partial charge on any atom is 0.128 e. The van der Waals surface area contributed by atoms with Gasteiger partial charge in [0.05, 0.1) is 6.04 Å². The predicted molar refractivity (Wildman–Crippen MR) is 70.0 cm³/mol. The average molecular weight is 265 g/mol. The molecule has 1 atom stereocenters. The van der Waals surface area contributed by atoms with E-state index in [4.69, 9.17) is 4.42 Å². The highest BCUT2D eigenvalue weighted by Crippen LogP contribution is 2.27. The number of rotatable bonds is 5. The van der Waals surface area contributed by atoms with Crippen molar-refractivity contribution in [2.45, 2.75) is 26.3 Å². The van der Waals surface area contributed by atoms with E-state index in [1.807, 2.05) is 19.9 Å². The van der Waals surface area contributed by atoms with Gasteiger partial charge in [-0.05, 0) is 36.9 Å². The van der Waals surface area contributed by atoms with Crippen molar-refractivity contribution in [3.05, 3.63) is 59.1 Å². The lowest BCUT2D eigenvalue weighted by Crippen LogP contribution is -2.22. The molecule has 0 aliphatic carbocycles. The van der Waals surface area contributed by atoms with Gasteiger partial charge in [-0.2, -0.15) is 0 Å². The van der Waals surface area contributed by atoms with E-state index in [2.05, 4.69) is 5.32 Å². The zero-order valence-electron chi connectivity index (χ0n) is 11.0. The van der Waals surface area contributed by atoms with Crippen molar-refractivity contribution >= 4 is 0 Å². The summed E-state index contributed by atoms with van der Waals surface area (Å²) < 4.78 is 32.8. The van der Waals surface area contributed by atoms with Gasteiger partial charge in [0, 0.05) is 12.0 Å². The van der Waals surface area contributed by atoms with Crippen LogP contribution in [0.25, 0.3) is 0 Å². The van der Waals surface area contributed by atoms with Crippen LogP contribution in [0.2, 0.25) is 0 Å². The molecule has 0 aliphatic rings. The van der Waals surface area contributed by atoms with Crippen LogP contribution in [0.5, 0.6) is 0 Å². The number of aryl methyl sites for hydroxylation is 1. The number of hydrogen-bond acceptors (Lipinski definition) is 2. The minimum Gasteiger partial charge on any atom is -0.464 e. The molecule has 1 heterocycles. The second-order valence-electron chi connectivity index (χ2n) is 4.31. The lowest BCUT2D eigenvalue weighted by molar-refractivity contribution is 0.417. The number of furan rings is 1. The summed E-state index contributed by atoms with van der Waals surface area (Å²) in [5.41, 5.74) is 0.263. The Balaban J connectivity index is 2.41. The van der Waals surface area contributed by atoms with Crippen molar-refractivity contribution in [1.29, 1.82) is 0 Å². The highest BCUT2D eigenvalue weighted by Gasteiger charge is 2.20. The van der Waals surface area contributed by atoms with Crippen molar-refractivity contribution in [2.24, 2.45) is 0 Å². The monoisotopic (exact) mass is 265 g/mol. The minimum absolute atomic E-state index is 0.263. The van der Waals surface area contributed by atoms with Crippen LogP contribution in [0, 0.1) is 11.6 Å². The third kappa shape index (κ3) is 3.01. The van der Waals surface area contributed by atoms with Crippen molar-refractivity contribution in [2.75, 3.05) is 6.54 Å². The normalized spacial score (nSPS) is 12.6. The highest BCUT2D eigenvalue weighted by atomic mass is 19.1. The number of halogens is 2. The molecule has 102 valence electrons. The number of benzene rings is 1. The van der Waals surface area contributed by atoms with E-state index in [1.165, 1.54) is 6.07 Å². The summed E-state index contributed by atoms with van der Waals surface area (Å²) in [4.78, 5) is 0. The van der Waals surface area contributed by atoms with Gasteiger partial charge in [-0.1, -0.05) is 13.8 Å². The van der Waals surface area contributed by atoms with E-state index >= 15 is 0 Å². The standard InChI is InChI=1S/C15H17F2NO/c1-3-11-6-8-14(19-11)15(18-4-2)12-9-10(16)5-7-13(12)17/h5-9,15,18H,3-4H2,1-2H3. The van der Waals surface area contributed by atoms with Crippen LogP contribution < -0.4 is 5.32 Å². The molecule has 2 rings (SSSR count). The van der Waals surface area contributed by atoms with Crippen molar-refractivity contribution in [3.8, 4) is 0 Å². The summed E-state index contributed by atoms with van der Waals surface area (Å²) in [6.45, 7) is 4.52. The summed E-state index contributed by atoms with van der Waals surface area (Å²) in [5.74, 6) is 0.529. The first-order chi connectivity index (χ1) is 9.15. The van der Waals surface area contributed by atoms with Gasteiger partial charge < -0.3 is 9.73 Å². The first-order valence-corrected chi connectivity index (χ1v) is 6.42. The second-order valence-corrected chi connectivity index (χ2v) is 4.31. The Kier molecular flexibility index (Phi) is 4.32. The fourth-order valence-electron chi connectivity index (χ4n) is 2.04. The molecule has 0 fully saturated rings. The van der Waals surface area contributed by atoms with E-state index in [0.717, 1.165) is 24.3 Å². The Bertz CT molecular complexity index is 551. The van der Waals surface area contributed by atoms with Crippen molar-refractivity contribution < 1.29 is 13.2 Å². The highest BCUT2D eigenvalue weighted by molar-refractivity contribution is 5.29. The van der Waals surface area contributed by atoms with E-state index in [9.17, 15) is 8.78 Å². The lowest BCUT2D eigenvalue weighted by atomic mass is 10.0. The largest absolute Gasteiger partial charge is 0.464 e. The molecule has 1 N–H and O–H groups in total. The molecule has 1 aromatic carbocycles. The molecule has 19 heavy (non-hydrogen) atoms. The van der Waals surface area contributed by atoms with Gasteiger partial charge in [0.25, 0.3) is 0 Å². The molecule has 2 aromatic rings. The molecular formula is C15H17F2NO. The molecule has 0 saturated heterocycles. The Morgan fingerprint density at radius 2 is 1.95 bits per heavy atom. The van der Waals surface area contributed by atoms with Crippen LogP contribution in [0.1, 0.15) is 37.0 Å². The van der Waals surface area contributed by atoms with Crippen LogP contribution in [0.15, 0.2) is 34.7 Å². The van der Waals surface area contributed by atoms with E-state index in [0.29, 0.717) is 12.3 Å². The smallest absolute Gasteiger partial charge is 0.128 e. The molecule has 1 aromatic heterocycles. The Labute approximate surface area is 111 Å². The van der Waals surface area contributed by atoms with Gasteiger partial charge in [0.15, 0.2) is 0 Å². The Morgan fingerprint density at radius 3 is 2.58 bits per heavy atom. The molecule has 1 unspecified atom stereocenters. The third-order valence-corrected chi connectivity index (χ3v) is 2.99. The molecule has 0 aliphatic heterocycles. The van der Waals surface area contributed by atoms with Gasteiger partial charge in [0.2, 0.25) is 0 Å². The van der Waals surface area contributed by atoms with Crippen LogP contribution >= 0.6 is 0 Å².